The summed E-state index contributed by atoms with van der Waals surface area (Å²) in [5, 5.41) is 3.02. The first-order chi connectivity index (χ1) is 12.7. The number of imidazole rings is 1. The van der Waals surface area contributed by atoms with Gasteiger partial charge < -0.3 is 14.8 Å². The van der Waals surface area contributed by atoms with E-state index < -0.39 is 0 Å². The number of carbonyl (C=O) groups excluding carboxylic acids is 1. The van der Waals surface area contributed by atoms with Crippen LogP contribution in [0.1, 0.15) is 26.2 Å². The summed E-state index contributed by atoms with van der Waals surface area (Å²) in [6, 6.07) is 11.3. The minimum Gasteiger partial charge on any atom is -0.493 e. The van der Waals surface area contributed by atoms with Crippen molar-refractivity contribution in [1.82, 2.24) is 9.38 Å². The number of nitrogens with zero attached hydrogens (tertiary/aromatic N) is 2. The summed E-state index contributed by atoms with van der Waals surface area (Å²) in [5.74, 6) is 1.91. The smallest absolute Gasteiger partial charge is 0.225 e. The van der Waals surface area contributed by atoms with Crippen molar-refractivity contribution in [2.45, 2.75) is 26.2 Å². The quantitative estimate of drug-likeness (QED) is 0.693. The fourth-order valence-corrected chi connectivity index (χ4v) is 2.83. The van der Waals surface area contributed by atoms with Crippen LogP contribution in [-0.4, -0.2) is 29.5 Å². The number of rotatable bonds is 7. The molecule has 6 heteroatoms. The fraction of sp³-hybridized carbons (Fsp3) is 0.300. The van der Waals surface area contributed by atoms with Gasteiger partial charge in [0.05, 0.1) is 14.2 Å². The Hall–Kier alpha value is -3.02. The zero-order valence-corrected chi connectivity index (χ0v) is 15.3. The van der Waals surface area contributed by atoms with E-state index in [2.05, 4.69) is 12.2 Å². The maximum Gasteiger partial charge on any atom is 0.225 e. The molecule has 6 nitrogen and oxygen atoms in total. The molecule has 0 bridgehead atoms. The van der Waals surface area contributed by atoms with Gasteiger partial charge in [0, 0.05) is 18.2 Å². The van der Waals surface area contributed by atoms with E-state index in [1.54, 1.807) is 14.2 Å². The van der Waals surface area contributed by atoms with E-state index >= 15 is 0 Å². The number of nitrogens with one attached hydrogen (secondary N) is 1. The number of anilines is 1. The lowest BCUT2D eigenvalue weighted by Gasteiger charge is -2.10. The molecule has 2 aromatic heterocycles. The lowest BCUT2D eigenvalue weighted by atomic mass is 10.1. The van der Waals surface area contributed by atoms with Crippen molar-refractivity contribution in [2.75, 3.05) is 19.5 Å². The number of unbranched alkanes of at least 4 members (excludes halogenated alkanes) is 1. The van der Waals surface area contributed by atoms with E-state index in [0.717, 1.165) is 24.1 Å². The average molecular weight is 353 g/mol. The van der Waals surface area contributed by atoms with E-state index in [1.165, 1.54) is 0 Å². The van der Waals surface area contributed by atoms with Crippen LogP contribution < -0.4 is 14.8 Å². The van der Waals surface area contributed by atoms with Crippen molar-refractivity contribution in [1.29, 1.82) is 0 Å². The molecule has 136 valence electrons. The monoisotopic (exact) mass is 353 g/mol. The molecule has 0 atom stereocenters. The van der Waals surface area contributed by atoms with Gasteiger partial charge in [-0.3, -0.25) is 9.20 Å². The Morgan fingerprint density at radius 2 is 1.96 bits per heavy atom. The molecule has 1 aromatic carbocycles. The van der Waals surface area contributed by atoms with E-state index in [-0.39, 0.29) is 5.91 Å². The van der Waals surface area contributed by atoms with E-state index in [0.29, 0.717) is 29.4 Å². The number of hydrogen-bond acceptors (Lipinski definition) is 4. The average Bonchev–Trinajstić information content (AvgIpc) is 3.04. The minimum absolute atomic E-state index is 0.0146. The predicted octanol–water partition coefficient (Wildman–Crippen LogP) is 4.15. The molecule has 3 aromatic rings. The van der Waals surface area contributed by atoms with Crippen LogP contribution in [0.2, 0.25) is 0 Å². The van der Waals surface area contributed by atoms with Gasteiger partial charge in [-0.2, -0.15) is 0 Å². The van der Waals surface area contributed by atoms with Crippen molar-refractivity contribution < 1.29 is 14.3 Å². The number of amides is 1. The van der Waals surface area contributed by atoms with Crippen LogP contribution >= 0.6 is 0 Å². The Balaban J connectivity index is 2.07. The summed E-state index contributed by atoms with van der Waals surface area (Å²) < 4.78 is 12.6. The summed E-state index contributed by atoms with van der Waals surface area (Å²) in [6.07, 6.45) is 4.21. The van der Waals surface area contributed by atoms with Gasteiger partial charge in [0.25, 0.3) is 0 Å². The summed E-state index contributed by atoms with van der Waals surface area (Å²) in [6.45, 7) is 2.07. The van der Waals surface area contributed by atoms with E-state index in [9.17, 15) is 4.79 Å². The second-order valence-electron chi connectivity index (χ2n) is 5.96. The second-order valence-corrected chi connectivity index (χ2v) is 5.96. The molecule has 0 aliphatic rings. The molecule has 1 amide bonds. The molecule has 1 N–H and O–H groups in total. The number of aromatic nitrogens is 2. The van der Waals surface area contributed by atoms with Crippen LogP contribution in [0.3, 0.4) is 0 Å². The zero-order valence-electron chi connectivity index (χ0n) is 15.3. The summed E-state index contributed by atoms with van der Waals surface area (Å²) in [4.78, 5) is 17.0. The van der Waals surface area contributed by atoms with Gasteiger partial charge in [-0.1, -0.05) is 19.4 Å². The Bertz CT molecular complexity index is 918. The fourth-order valence-electron chi connectivity index (χ4n) is 2.83. The number of methoxy groups -OCH3 is 2. The van der Waals surface area contributed by atoms with Gasteiger partial charge in [-0.15, -0.1) is 0 Å². The van der Waals surface area contributed by atoms with Gasteiger partial charge >= 0.3 is 0 Å². The predicted molar refractivity (Wildman–Crippen MR) is 102 cm³/mol. The SMILES string of the molecule is CCCCC(=O)Nc1c(-c2ccc(OC)c(OC)c2)nc2ccccn12. The Kier molecular flexibility index (Phi) is 5.41. The third kappa shape index (κ3) is 3.49. The van der Waals surface area contributed by atoms with Crippen molar-refractivity contribution >= 4 is 17.4 Å². The van der Waals surface area contributed by atoms with Crippen molar-refractivity contribution in [2.24, 2.45) is 0 Å². The molecule has 0 fully saturated rings. The normalized spacial score (nSPS) is 10.7. The van der Waals surface area contributed by atoms with E-state index in [1.807, 2.05) is 47.0 Å². The highest BCUT2D eigenvalue weighted by Gasteiger charge is 2.17. The largest absolute Gasteiger partial charge is 0.493 e. The van der Waals surface area contributed by atoms with Gasteiger partial charge in [-0.25, -0.2) is 4.98 Å². The highest BCUT2D eigenvalue weighted by Crippen LogP contribution is 2.35. The number of ether oxygens (including phenoxy) is 2. The molecule has 26 heavy (non-hydrogen) atoms. The molecule has 0 saturated heterocycles. The number of hydrogen-bond donors (Lipinski definition) is 1. The molecule has 0 radical (unpaired) electrons. The molecule has 0 aliphatic carbocycles. The van der Waals surface area contributed by atoms with Crippen molar-refractivity contribution in [3.63, 3.8) is 0 Å². The number of pyridine rings is 1. The van der Waals surface area contributed by atoms with Crippen LogP contribution in [0.5, 0.6) is 11.5 Å². The van der Waals surface area contributed by atoms with Crippen LogP contribution in [0.4, 0.5) is 5.82 Å². The lowest BCUT2D eigenvalue weighted by molar-refractivity contribution is -0.116. The van der Waals surface area contributed by atoms with Gasteiger partial charge in [0.15, 0.2) is 11.5 Å². The number of carbonyl (C=O) groups is 1. The molecule has 0 spiro atoms. The van der Waals surface area contributed by atoms with Gasteiger partial charge in [0.2, 0.25) is 5.91 Å². The zero-order chi connectivity index (χ0) is 18.5. The van der Waals surface area contributed by atoms with Crippen molar-refractivity contribution in [3.05, 3.63) is 42.6 Å². The Labute approximate surface area is 152 Å². The summed E-state index contributed by atoms with van der Waals surface area (Å²) in [7, 11) is 3.20. The molecular formula is C20H23N3O3. The molecular weight excluding hydrogens is 330 g/mol. The lowest BCUT2D eigenvalue weighted by Crippen LogP contribution is -2.13. The number of benzene rings is 1. The van der Waals surface area contributed by atoms with Crippen LogP contribution in [-0.2, 0) is 4.79 Å². The highest BCUT2D eigenvalue weighted by atomic mass is 16.5. The summed E-state index contributed by atoms with van der Waals surface area (Å²) >= 11 is 0. The standard InChI is InChI=1S/C20H23N3O3/c1-4-5-9-18(24)22-20-19(21-17-8-6-7-12-23(17)20)14-10-11-15(25-2)16(13-14)26-3/h6-8,10-13H,4-5,9H2,1-3H3,(H,22,24). The molecule has 0 aliphatic heterocycles. The molecule has 2 heterocycles. The number of fused-ring (bicyclic) bond motifs is 1. The van der Waals surface area contributed by atoms with Gasteiger partial charge in [0.1, 0.15) is 17.2 Å². The topological polar surface area (TPSA) is 64.9 Å². The van der Waals surface area contributed by atoms with Gasteiger partial charge in [-0.05, 0) is 36.8 Å². The third-order valence-corrected chi connectivity index (χ3v) is 4.20. The molecule has 3 rings (SSSR count). The van der Waals surface area contributed by atoms with Crippen LogP contribution in [0.15, 0.2) is 42.6 Å². The van der Waals surface area contributed by atoms with Crippen LogP contribution in [0.25, 0.3) is 16.9 Å². The first kappa shape index (κ1) is 17.8. The molecule has 0 saturated carbocycles. The maximum atomic E-state index is 12.3. The summed E-state index contributed by atoms with van der Waals surface area (Å²) in [5.41, 5.74) is 2.31. The Morgan fingerprint density at radius 1 is 1.15 bits per heavy atom. The highest BCUT2D eigenvalue weighted by molar-refractivity contribution is 5.94. The second kappa shape index (κ2) is 7.91. The van der Waals surface area contributed by atoms with Crippen LogP contribution in [0, 0.1) is 0 Å². The Morgan fingerprint density at radius 3 is 2.69 bits per heavy atom. The maximum absolute atomic E-state index is 12.3. The minimum atomic E-state index is -0.0146. The van der Waals surface area contributed by atoms with Crippen molar-refractivity contribution in [3.8, 4) is 22.8 Å². The third-order valence-electron chi connectivity index (χ3n) is 4.20. The first-order valence-corrected chi connectivity index (χ1v) is 8.67. The van der Waals surface area contributed by atoms with E-state index in [4.69, 9.17) is 14.5 Å². The first-order valence-electron chi connectivity index (χ1n) is 8.67. The molecule has 0 unspecified atom stereocenters.